The van der Waals surface area contributed by atoms with Crippen molar-refractivity contribution in [2.24, 2.45) is 0 Å². The van der Waals surface area contributed by atoms with Gasteiger partial charge in [-0.15, -0.1) is 0 Å². The lowest BCUT2D eigenvalue weighted by molar-refractivity contribution is -0.167. The van der Waals surface area contributed by atoms with Gasteiger partial charge in [0.2, 0.25) is 0 Å². The number of carbonyl (C=O) groups is 3. The minimum absolute atomic E-state index is 0.0854. The molecule has 0 aromatic rings. The number of hydrogen-bond donors (Lipinski definition) is 0. The molecule has 6 heteroatoms. The Hall–Kier alpha value is -3.67. The summed E-state index contributed by atoms with van der Waals surface area (Å²) in [6.07, 6.45) is 86.9. The molecule has 0 spiro atoms. The number of hydrogen-bond acceptors (Lipinski definition) is 6. The SMILES string of the molecule is CC/C=C\C/C=C\C/C=C\C/C=C\CCCCCCCCCCC(=O)OCC(COC(=O)CCCCCCCCC/C=C\C/C=C\CCCCC)OC(=O)CCCCCCCCCCC/C=C\C/C=C\CCCCCCC. The van der Waals surface area contributed by atoms with Gasteiger partial charge in [0.05, 0.1) is 0 Å². The molecule has 77 heavy (non-hydrogen) atoms. The van der Waals surface area contributed by atoms with Crippen LogP contribution in [0.25, 0.3) is 0 Å². The number of unbranched alkanes of at least 4 members (excludes halogenated alkanes) is 32. The highest BCUT2D eigenvalue weighted by molar-refractivity contribution is 5.71. The Balaban J connectivity index is 4.41. The molecule has 0 aliphatic heterocycles. The fourth-order valence-corrected chi connectivity index (χ4v) is 9.14. The summed E-state index contributed by atoms with van der Waals surface area (Å²) in [5, 5.41) is 0. The van der Waals surface area contributed by atoms with Crippen LogP contribution in [0.2, 0.25) is 0 Å². The first-order chi connectivity index (χ1) is 38.0. The van der Waals surface area contributed by atoms with Gasteiger partial charge in [0.15, 0.2) is 6.10 Å². The van der Waals surface area contributed by atoms with Crippen LogP contribution >= 0.6 is 0 Å². The van der Waals surface area contributed by atoms with Crippen LogP contribution in [0.4, 0.5) is 0 Å². The quantitative estimate of drug-likeness (QED) is 0.0261. The van der Waals surface area contributed by atoms with Crippen molar-refractivity contribution < 1.29 is 28.6 Å². The Labute approximate surface area is 477 Å². The van der Waals surface area contributed by atoms with Crippen LogP contribution in [0.5, 0.6) is 0 Å². The summed E-state index contributed by atoms with van der Waals surface area (Å²) in [7, 11) is 0. The van der Waals surface area contributed by atoms with Crippen LogP contribution in [0.3, 0.4) is 0 Å². The van der Waals surface area contributed by atoms with Crippen molar-refractivity contribution >= 4 is 17.9 Å². The molecule has 0 aromatic heterocycles. The van der Waals surface area contributed by atoms with Crippen LogP contribution in [0.15, 0.2) is 97.2 Å². The fraction of sp³-hybridized carbons (Fsp3) is 0.732. The topological polar surface area (TPSA) is 78.9 Å². The van der Waals surface area contributed by atoms with Gasteiger partial charge < -0.3 is 14.2 Å². The van der Waals surface area contributed by atoms with E-state index in [1.165, 1.54) is 167 Å². The Bertz CT molecular complexity index is 1510. The van der Waals surface area contributed by atoms with Crippen molar-refractivity contribution in [1.82, 2.24) is 0 Å². The summed E-state index contributed by atoms with van der Waals surface area (Å²) in [5.74, 6) is -0.893. The van der Waals surface area contributed by atoms with Crippen LogP contribution in [0, 0.1) is 0 Å². The molecule has 6 nitrogen and oxygen atoms in total. The summed E-state index contributed by atoms with van der Waals surface area (Å²) >= 11 is 0. The maximum absolute atomic E-state index is 12.9. The first kappa shape index (κ1) is 73.3. The summed E-state index contributed by atoms with van der Waals surface area (Å²) in [6, 6.07) is 0. The summed E-state index contributed by atoms with van der Waals surface area (Å²) < 4.78 is 17.0. The largest absolute Gasteiger partial charge is 0.462 e. The summed E-state index contributed by atoms with van der Waals surface area (Å²) in [5.41, 5.74) is 0. The second-order valence-corrected chi connectivity index (χ2v) is 21.6. The molecule has 0 aliphatic carbocycles. The summed E-state index contributed by atoms with van der Waals surface area (Å²) in [4.78, 5) is 38.4. The third-order valence-electron chi connectivity index (χ3n) is 14.0. The van der Waals surface area contributed by atoms with Crippen molar-refractivity contribution in [3.05, 3.63) is 97.2 Å². The van der Waals surface area contributed by atoms with Crippen LogP contribution < -0.4 is 0 Å². The van der Waals surface area contributed by atoms with Gasteiger partial charge in [-0.05, 0) is 122 Å². The molecular formula is C71H122O6. The lowest BCUT2D eigenvalue weighted by atomic mass is 10.1. The highest BCUT2D eigenvalue weighted by Gasteiger charge is 2.19. The van der Waals surface area contributed by atoms with E-state index < -0.39 is 6.10 Å². The van der Waals surface area contributed by atoms with E-state index in [4.69, 9.17) is 14.2 Å². The monoisotopic (exact) mass is 1070 g/mol. The van der Waals surface area contributed by atoms with E-state index in [2.05, 4.69) is 118 Å². The van der Waals surface area contributed by atoms with Crippen LogP contribution in [0.1, 0.15) is 316 Å². The Morgan fingerprint density at radius 2 is 0.506 bits per heavy atom. The van der Waals surface area contributed by atoms with Crippen LogP contribution in [-0.2, 0) is 28.6 Å². The van der Waals surface area contributed by atoms with E-state index in [0.717, 1.165) is 109 Å². The minimum Gasteiger partial charge on any atom is -0.462 e. The first-order valence-corrected chi connectivity index (χ1v) is 32.7. The molecular weight excluding hydrogens is 949 g/mol. The highest BCUT2D eigenvalue weighted by atomic mass is 16.6. The molecule has 0 radical (unpaired) electrons. The molecule has 1 atom stereocenters. The van der Waals surface area contributed by atoms with Crippen molar-refractivity contribution in [2.45, 2.75) is 322 Å². The van der Waals surface area contributed by atoms with Gasteiger partial charge in [-0.3, -0.25) is 14.4 Å². The number of carbonyl (C=O) groups excluding carboxylic acids is 3. The van der Waals surface area contributed by atoms with Gasteiger partial charge in [0.25, 0.3) is 0 Å². The predicted molar refractivity (Wildman–Crippen MR) is 334 cm³/mol. The first-order valence-electron chi connectivity index (χ1n) is 32.7. The lowest BCUT2D eigenvalue weighted by Gasteiger charge is -2.18. The Kier molecular flexibility index (Phi) is 61.8. The van der Waals surface area contributed by atoms with Gasteiger partial charge in [0.1, 0.15) is 13.2 Å². The van der Waals surface area contributed by atoms with Gasteiger partial charge in [-0.2, -0.15) is 0 Å². The maximum atomic E-state index is 12.9. The number of esters is 3. The second kappa shape index (κ2) is 64.9. The molecule has 0 N–H and O–H groups in total. The average molecular weight is 1070 g/mol. The smallest absolute Gasteiger partial charge is 0.306 e. The van der Waals surface area contributed by atoms with E-state index in [0.29, 0.717) is 19.3 Å². The maximum Gasteiger partial charge on any atom is 0.306 e. The van der Waals surface area contributed by atoms with Crippen molar-refractivity contribution in [3.8, 4) is 0 Å². The standard InChI is InChI=1S/C71H122O6/c1-4-7-10-13-16-19-22-25-28-31-33-35-37-40-43-46-49-52-55-58-61-64-70(73)76-67-68(66-75-69(72)63-60-57-54-51-48-45-42-39-30-27-24-21-18-15-12-9-6-3)77-71(74)65-62-59-56-53-50-47-44-41-38-36-34-32-29-26-23-20-17-14-11-8-5-2/h7,10,16,18-19,21,23,25-28,30,32-35,68H,4-6,8-9,11-15,17,20,22,24,29,31,36-67H2,1-3H3/b10-7-,19-16-,21-18-,26-23-,28-25-,30-27-,34-32-,35-33-. The van der Waals surface area contributed by atoms with E-state index in [-0.39, 0.29) is 31.1 Å². The summed E-state index contributed by atoms with van der Waals surface area (Å²) in [6.45, 7) is 6.51. The zero-order valence-corrected chi connectivity index (χ0v) is 50.7. The normalized spacial score (nSPS) is 12.7. The van der Waals surface area contributed by atoms with E-state index in [1.54, 1.807) is 0 Å². The molecule has 0 saturated heterocycles. The molecule has 0 heterocycles. The predicted octanol–water partition coefficient (Wildman–Crippen LogP) is 22.4. The van der Waals surface area contributed by atoms with Crippen molar-refractivity contribution in [1.29, 1.82) is 0 Å². The van der Waals surface area contributed by atoms with Gasteiger partial charge in [0, 0.05) is 19.3 Å². The minimum atomic E-state index is -0.789. The molecule has 0 saturated carbocycles. The number of allylic oxidation sites excluding steroid dienone is 16. The third-order valence-corrected chi connectivity index (χ3v) is 14.0. The van der Waals surface area contributed by atoms with Gasteiger partial charge in [-0.25, -0.2) is 0 Å². The zero-order valence-electron chi connectivity index (χ0n) is 50.7. The van der Waals surface area contributed by atoms with E-state index in [1.807, 2.05) is 0 Å². The van der Waals surface area contributed by atoms with Crippen LogP contribution in [-0.4, -0.2) is 37.2 Å². The van der Waals surface area contributed by atoms with Gasteiger partial charge in [-0.1, -0.05) is 272 Å². The third kappa shape index (κ3) is 63.0. The van der Waals surface area contributed by atoms with Gasteiger partial charge >= 0.3 is 17.9 Å². The molecule has 0 fully saturated rings. The zero-order chi connectivity index (χ0) is 55.7. The van der Waals surface area contributed by atoms with Crippen molar-refractivity contribution in [2.75, 3.05) is 13.2 Å². The molecule has 442 valence electrons. The van der Waals surface area contributed by atoms with E-state index >= 15 is 0 Å². The number of rotatable bonds is 59. The van der Waals surface area contributed by atoms with E-state index in [9.17, 15) is 14.4 Å². The van der Waals surface area contributed by atoms with Crippen molar-refractivity contribution in [3.63, 3.8) is 0 Å². The molecule has 0 rings (SSSR count). The Morgan fingerprint density at radius 1 is 0.273 bits per heavy atom. The second-order valence-electron chi connectivity index (χ2n) is 21.6. The average Bonchev–Trinajstić information content (AvgIpc) is 3.43. The lowest BCUT2D eigenvalue weighted by Crippen LogP contribution is -2.30. The molecule has 1 unspecified atom stereocenters. The molecule has 0 amide bonds. The fourth-order valence-electron chi connectivity index (χ4n) is 9.14. The Morgan fingerprint density at radius 3 is 0.818 bits per heavy atom. The number of ether oxygens (including phenoxy) is 3. The molecule has 0 bridgehead atoms. The highest BCUT2D eigenvalue weighted by Crippen LogP contribution is 2.16. The molecule has 0 aliphatic rings. The molecule has 0 aromatic carbocycles.